The van der Waals surface area contributed by atoms with Gasteiger partial charge in [-0.1, -0.05) is 18.2 Å². The van der Waals surface area contributed by atoms with Gasteiger partial charge >= 0.3 is 11.9 Å². The fourth-order valence-corrected chi connectivity index (χ4v) is 5.68. The molecule has 1 saturated carbocycles. The second kappa shape index (κ2) is 8.77. The summed E-state index contributed by atoms with van der Waals surface area (Å²) in [4.78, 5) is 29.9. The number of aromatic nitrogens is 2. The number of alkyl halides is 3. The van der Waals surface area contributed by atoms with E-state index < -0.39 is 17.4 Å². The molecule has 5 rings (SSSR count). The molecule has 3 heterocycles. The van der Waals surface area contributed by atoms with Gasteiger partial charge in [0.15, 0.2) is 0 Å². The number of benzene rings is 1. The second-order valence-electron chi connectivity index (χ2n) is 8.69. The Morgan fingerprint density at radius 3 is 2.55 bits per heavy atom. The van der Waals surface area contributed by atoms with Crippen molar-refractivity contribution in [2.75, 3.05) is 19.6 Å². The van der Waals surface area contributed by atoms with E-state index in [1.807, 2.05) is 17.5 Å². The first-order valence-corrected chi connectivity index (χ1v) is 11.4. The molecule has 1 saturated heterocycles. The van der Waals surface area contributed by atoms with Crippen molar-refractivity contribution >= 4 is 23.7 Å². The number of piperidine rings is 1. The highest BCUT2D eigenvalue weighted by atomic mass is 35.5. The number of aromatic amines is 1. The van der Waals surface area contributed by atoms with Gasteiger partial charge in [0.25, 0.3) is 5.56 Å². The van der Waals surface area contributed by atoms with Crippen LogP contribution in [-0.4, -0.2) is 34.1 Å². The smallest absolute Gasteiger partial charge is 0.302 e. The zero-order valence-corrected chi connectivity index (χ0v) is 19.2. The van der Waals surface area contributed by atoms with Gasteiger partial charge in [-0.2, -0.15) is 13.2 Å². The van der Waals surface area contributed by atoms with E-state index in [0.717, 1.165) is 42.9 Å². The minimum Gasteiger partial charge on any atom is -0.302 e. The number of nitrogens with zero attached hydrogens (tertiary/aromatic N) is 2. The minimum atomic E-state index is -4.32. The van der Waals surface area contributed by atoms with Gasteiger partial charge in [-0.15, -0.1) is 23.7 Å². The molecule has 0 spiro atoms. The van der Waals surface area contributed by atoms with Gasteiger partial charge in [0, 0.05) is 36.1 Å². The van der Waals surface area contributed by atoms with E-state index in [0.29, 0.717) is 18.0 Å². The average molecular weight is 498 g/mol. The van der Waals surface area contributed by atoms with Gasteiger partial charge in [-0.25, -0.2) is 4.79 Å². The summed E-state index contributed by atoms with van der Waals surface area (Å²) in [6, 6.07) is 9.31. The normalized spacial score (nSPS) is 22.1. The van der Waals surface area contributed by atoms with Crippen LogP contribution < -0.4 is 11.2 Å². The highest BCUT2D eigenvalue weighted by Crippen LogP contribution is 2.59. The van der Waals surface area contributed by atoms with Crippen molar-refractivity contribution in [3.05, 3.63) is 79.9 Å². The van der Waals surface area contributed by atoms with Crippen molar-refractivity contribution in [2.24, 2.45) is 5.92 Å². The van der Waals surface area contributed by atoms with Gasteiger partial charge in [-0.3, -0.25) is 14.3 Å². The van der Waals surface area contributed by atoms with Crippen molar-refractivity contribution < 1.29 is 13.2 Å². The Balaban J connectivity index is 0.00000259. The van der Waals surface area contributed by atoms with Crippen LogP contribution in [0.15, 0.2) is 57.6 Å². The first-order valence-electron chi connectivity index (χ1n) is 10.5. The SMILES string of the molecule is Cl.O=c1[nH]c(=O)n(CCCN2C[C@@H]3C[C@]3(c3ccc(C(F)(F)F)cc3)C2)cc1-c1cccs1. The third kappa shape index (κ3) is 4.54. The molecule has 1 aliphatic carbocycles. The topological polar surface area (TPSA) is 58.1 Å². The number of aryl methyl sites for hydroxylation is 1. The predicted octanol–water partition coefficient (Wildman–Crippen LogP) is 4.37. The summed E-state index contributed by atoms with van der Waals surface area (Å²) in [5, 5.41) is 1.88. The van der Waals surface area contributed by atoms with Crippen molar-refractivity contribution in [2.45, 2.75) is 31.0 Å². The van der Waals surface area contributed by atoms with E-state index in [4.69, 9.17) is 0 Å². The summed E-state index contributed by atoms with van der Waals surface area (Å²) in [6.45, 7) is 3.02. The molecular formula is C23H23ClF3N3O2S. The molecule has 2 atom stereocenters. The lowest BCUT2D eigenvalue weighted by molar-refractivity contribution is -0.137. The molecule has 0 radical (unpaired) electrons. The molecule has 3 aromatic rings. The lowest BCUT2D eigenvalue weighted by atomic mass is 9.94. The number of rotatable bonds is 6. The zero-order valence-electron chi connectivity index (χ0n) is 17.6. The summed E-state index contributed by atoms with van der Waals surface area (Å²) in [5.74, 6) is 0.473. The molecule has 0 amide bonds. The number of hydrogen-bond acceptors (Lipinski definition) is 4. The minimum absolute atomic E-state index is 0. The van der Waals surface area contributed by atoms with Gasteiger partial charge < -0.3 is 4.90 Å². The van der Waals surface area contributed by atoms with E-state index in [1.54, 1.807) is 22.9 Å². The third-order valence-corrected chi connectivity index (χ3v) is 7.58. The summed E-state index contributed by atoms with van der Waals surface area (Å²) < 4.78 is 40.1. The Hall–Kier alpha value is -2.36. The first-order chi connectivity index (χ1) is 15.3. The molecule has 0 bridgehead atoms. The average Bonchev–Trinajstić information content (AvgIpc) is 3.08. The molecular weight excluding hydrogens is 475 g/mol. The Morgan fingerprint density at radius 1 is 1.12 bits per heavy atom. The standard InChI is InChI=1S/C23H22F3N3O2S.ClH/c24-23(25,26)16-6-4-15(5-7-16)22-11-17(22)12-28(14-22)8-2-9-29-13-18(19-3-1-10-32-19)20(30)27-21(29)31;/h1,3-7,10,13,17H,2,8-9,11-12,14H2,(H,27,30,31);1H/t17-,22+;/m0./s1. The van der Waals surface area contributed by atoms with Crippen LogP contribution in [0, 0.1) is 5.92 Å². The van der Waals surface area contributed by atoms with Crippen LogP contribution in [0.2, 0.25) is 0 Å². The molecule has 5 nitrogen and oxygen atoms in total. The molecule has 176 valence electrons. The van der Waals surface area contributed by atoms with E-state index in [-0.39, 0.29) is 23.4 Å². The van der Waals surface area contributed by atoms with Gasteiger partial charge in [0.05, 0.1) is 11.1 Å². The number of likely N-dealkylation sites (tertiary alicyclic amines) is 1. The molecule has 33 heavy (non-hydrogen) atoms. The van der Waals surface area contributed by atoms with Crippen LogP contribution in [-0.2, 0) is 18.1 Å². The first kappa shape index (κ1) is 23.8. The second-order valence-corrected chi connectivity index (χ2v) is 9.64. The fourth-order valence-electron chi connectivity index (χ4n) is 4.94. The zero-order chi connectivity index (χ0) is 22.5. The van der Waals surface area contributed by atoms with Gasteiger partial charge in [-0.05, 0) is 54.4 Å². The number of halogens is 4. The van der Waals surface area contributed by atoms with Crippen LogP contribution in [0.25, 0.3) is 10.4 Å². The third-order valence-electron chi connectivity index (χ3n) is 6.67. The maximum Gasteiger partial charge on any atom is 0.416 e. The lowest BCUT2D eigenvalue weighted by Gasteiger charge is -2.21. The largest absolute Gasteiger partial charge is 0.416 e. The quantitative estimate of drug-likeness (QED) is 0.550. The summed E-state index contributed by atoms with van der Waals surface area (Å²) in [7, 11) is 0. The van der Waals surface area contributed by atoms with Crippen LogP contribution in [0.1, 0.15) is 24.0 Å². The van der Waals surface area contributed by atoms with Crippen LogP contribution in [0.5, 0.6) is 0 Å². The Bertz CT molecular complexity index is 1240. The maximum atomic E-state index is 12.8. The van der Waals surface area contributed by atoms with Crippen LogP contribution in [0.3, 0.4) is 0 Å². The summed E-state index contributed by atoms with van der Waals surface area (Å²) in [6.07, 6.45) is -0.938. The van der Waals surface area contributed by atoms with E-state index >= 15 is 0 Å². The number of nitrogens with one attached hydrogen (secondary N) is 1. The maximum absolute atomic E-state index is 12.8. The lowest BCUT2D eigenvalue weighted by Crippen LogP contribution is -2.32. The number of hydrogen-bond donors (Lipinski definition) is 1. The van der Waals surface area contributed by atoms with Crippen LogP contribution in [0.4, 0.5) is 13.2 Å². The molecule has 2 fully saturated rings. The number of thiophene rings is 1. The van der Waals surface area contributed by atoms with Crippen LogP contribution >= 0.6 is 23.7 Å². The molecule has 1 N–H and O–H groups in total. The number of fused-ring (bicyclic) bond motifs is 1. The van der Waals surface area contributed by atoms with E-state index in [9.17, 15) is 22.8 Å². The van der Waals surface area contributed by atoms with E-state index in [1.165, 1.54) is 23.5 Å². The van der Waals surface area contributed by atoms with E-state index in [2.05, 4.69) is 9.88 Å². The highest BCUT2D eigenvalue weighted by molar-refractivity contribution is 7.13. The van der Waals surface area contributed by atoms with Crippen molar-refractivity contribution in [1.82, 2.24) is 14.5 Å². The Kier molecular flexibility index (Phi) is 6.32. The summed E-state index contributed by atoms with van der Waals surface area (Å²) in [5.41, 5.74) is 0.0231. The molecule has 1 aliphatic heterocycles. The molecule has 0 unspecified atom stereocenters. The fraction of sp³-hybridized carbons (Fsp3) is 0.391. The van der Waals surface area contributed by atoms with Crippen molar-refractivity contribution in [3.63, 3.8) is 0 Å². The van der Waals surface area contributed by atoms with Gasteiger partial charge in [0.2, 0.25) is 0 Å². The molecule has 2 aliphatic rings. The molecule has 1 aromatic carbocycles. The predicted molar refractivity (Wildman–Crippen MR) is 124 cm³/mol. The number of H-pyrrole nitrogens is 1. The highest BCUT2D eigenvalue weighted by Gasteiger charge is 2.60. The monoisotopic (exact) mass is 497 g/mol. The van der Waals surface area contributed by atoms with Crippen molar-refractivity contribution in [3.8, 4) is 10.4 Å². The van der Waals surface area contributed by atoms with Crippen molar-refractivity contribution in [1.29, 1.82) is 0 Å². The molecule has 2 aromatic heterocycles. The Labute approximate surface area is 198 Å². The summed E-state index contributed by atoms with van der Waals surface area (Å²) >= 11 is 1.45. The van der Waals surface area contributed by atoms with Gasteiger partial charge in [0.1, 0.15) is 0 Å². The Morgan fingerprint density at radius 2 is 1.88 bits per heavy atom. The molecule has 10 heteroatoms.